The SMILES string of the molecule is CC[C@@H](Oc1ccccc1)C(=O)O[C@@H](C)C(=O)Nc1ccc(C)cc1Br. The zero-order valence-corrected chi connectivity index (χ0v) is 16.6. The molecule has 0 aromatic heterocycles. The molecule has 2 aromatic rings. The van der Waals surface area contributed by atoms with E-state index in [0.29, 0.717) is 17.9 Å². The zero-order chi connectivity index (χ0) is 19.1. The molecular formula is C20H22BrNO4. The van der Waals surface area contributed by atoms with E-state index >= 15 is 0 Å². The first kappa shape index (κ1) is 20.0. The van der Waals surface area contributed by atoms with Crippen LogP contribution in [0.15, 0.2) is 53.0 Å². The van der Waals surface area contributed by atoms with Crippen molar-refractivity contribution in [3.05, 3.63) is 58.6 Å². The molecule has 5 nitrogen and oxygen atoms in total. The van der Waals surface area contributed by atoms with Gasteiger partial charge >= 0.3 is 5.97 Å². The Morgan fingerprint density at radius 2 is 1.85 bits per heavy atom. The molecular weight excluding hydrogens is 398 g/mol. The van der Waals surface area contributed by atoms with E-state index in [4.69, 9.17) is 9.47 Å². The van der Waals surface area contributed by atoms with E-state index in [1.807, 2.05) is 44.2 Å². The molecule has 1 amide bonds. The van der Waals surface area contributed by atoms with E-state index in [2.05, 4.69) is 21.2 Å². The molecule has 2 atom stereocenters. The molecule has 26 heavy (non-hydrogen) atoms. The van der Waals surface area contributed by atoms with Crippen molar-refractivity contribution in [2.75, 3.05) is 5.32 Å². The van der Waals surface area contributed by atoms with Gasteiger partial charge in [-0.3, -0.25) is 4.79 Å². The molecule has 0 saturated carbocycles. The van der Waals surface area contributed by atoms with Gasteiger partial charge in [0.2, 0.25) is 0 Å². The Hall–Kier alpha value is -2.34. The van der Waals surface area contributed by atoms with Crippen LogP contribution in [0.1, 0.15) is 25.8 Å². The average Bonchev–Trinajstić information content (AvgIpc) is 2.62. The van der Waals surface area contributed by atoms with E-state index < -0.39 is 24.1 Å². The van der Waals surface area contributed by atoms with Crippen LogP contribution in [0.3, 0.4) is 0 Å². The van der Waals surface area contributed by atoms with Gasteiger partial charge in [-0.05, 0) is 66.0 Å². The van der Waals surface area contributed by atoms with Gasteiger partial charge in [-0.25, -0.2) is 4.79 Å². The van der Waals surface area contributed by atoms with Crippen molar-refractivity contribution >= 4 is 33.5 Å². The Morgan fingerprint density at radius 3 is 2.46 bits per heavy atom. The minimum Gasteiger partial charge on any atom is -0.479 e. The van der Waals surface area contributed by atoms with E-state index in [0.717, 1.165) is 10.0 Å². The number of esters is 1. The van der Waals surface area contributed by atoms with E-state index in [1.54, 1.807) is 18.2 Å². The fraction of sp³-hybridized carbons (Fsp3) is 0.300. The molecule has 0 fully saturated rings. The molecule has 6 heteroatoms. The van der Waals surface area contributed by atoms with Crippen LogP contribution >= 0.6 is 15.9 Å². The standard InChI is InChI=1S/C20H22BrNO4/c1-4-18(26-15-8-6-5-7-9-15)20(24)25-14(3)19(23)22-17-11-10-13(2)12-16(17)21/h5-12,14,18H,4H2,1-3H3,(H,22,23)/t14-,18+/m0/s1. The number of halogens is 1. The molecule has 0 bridgehead atoms. The van der Waals surface area contributed by atoms with Crippen molar-refractivity contribution in [1.82, 2.24) is 0 Å². The first-order chi connectivity index (χ1) is 12.4. The Labute approximate surface area is 161 Å². The molecule has 0 spiro atoms. The lowest BCUT2D eigenvalue weighted by Crippen LogP contribution is -2.36. The van der Waals surface area contributed by atoms with Gasteiger partial charge in [-0.2, -0.15) is 0 Å². The van der Waals surface area contributed by atoms with Crippen molar-refractivity contribution in [2.45, 2.75) is 39.4 Å². The fourth-order valence-corrected chi connectivity index (χ4v) is 2.81. The summed E-state index contributed by atoms with van der Waals surface area (Å²) >= 11 is 3.40. The van der Waals surface area contributed by atoms with Gasteiger partial charge < -0.3 is 14.8 Å². The minimum absolute atomic E-state index is 0.405. The third kappa shape index (κ3) is 5.59. The number of carbonyl (C=O) groups excluding carboxylic acids is 2. The van der Waals surface area contributed by atoms with Gasteiger partial charge in [-0.15, -0.1) is 0 Å². The minimum atomic E-state index is -0.941. The maximum absolute atomic E-state index is 12.3. The number of aryl methyl sites for hydroxylation is 1. The highest BCUT2D eigenvalue weighted by atomic mass is 79.9. The normalized spacial score (nSPS) is 12.8. The number of nitrogens with one attached hydrogen (secondary N) is 1. The van der Waals surface area contributed by atoms with Crippen LogP contribution in [0.5, 0.6) is 5.75 Å². The maximum atomic E-state index is 12.3. The number of anilines is 1. The van der Waals surface area contributed by atoms with Crippen LogP contribution in [0, 0.1) is 6.92 Å². The van der Waals surface area contributed by atoms with Crippen LogP contribution in [0.25, 0.3) is 0 Å². The van der Waals surface area contributed by atoms with Crippen molar-refractivity contribution in [1.29, 1.82) is 0 Å². The van der Waals surface area contributed by atoms with E-state index in [1.165, 1.54) is 6.92 Å². The third-order valence-electron chi connectivity index (χ3n) is 3.70. The summed E-state index contributed by atoms with van der Waals surface area (Å²) in [5.41, 5.74) is 1.69. The summed E-state index contributed by atoms with van der Waals surface area (Å²) in [6.45, 7) is 5.31. The van der Waals surface area contributed by atoms with Crippen LogP contribution in [0.2, 0.25) is 0 Å². The Balaban J connectivity index is 1.94. The van der Waals surface area contributed by atoms with Gasteiger partial charge in [0.15, 0.2) is 12.2 Å². The second-order valence-electron chi connectivity index (χ2n) is 5.88. The molecule has 0 heterocycles. The smallest absolute Gasteiger partial charge is 0.348 e. The lowest BCUT2D eigenvalue weighted by Gasteiger charge is -2.19. The van der Waals surface area contributed by atoms with Gasteiger partial charge in [0, 0.05) is 4.47 Å². The number of carbonyl (C=O) groups is 2. The van der Waals surface area contributed by atoms with Gasteiger partial charge in [0.25, 0.3) is 5.91 Å². The maximum Gasteiger partial charge on any atom is 0.348 e. The molecule has 2 aromatic carbocycles. The number of amides is 1. The molecule has 1 N–H and O–H groups in total. The van der Waals surface area contributed by atoms with Crippen molar-refractivity contribution in [3.8, 4) is 5.75 Å². The lowest BCUT2D eigenvalue weighted by molar-refractivity contribution is -0.160. The topological polar surface area (TPSA) is 64.6 Å². The predicted molar refractivity (Wildman–Crippen MR) is 104 cm³/mol. The van der Waals surface area contributed by atoms with Gasteiger partial charge in [0.05, 0.1) is 5.69 Å². The molecule has 0 radical (unpaired) electrons. The molecule has 0 aliphatic carbocycles. The Kier molecular flexibility index (Phi) is 7.21. The van der Waals surface area contributed by atoms with Crippen LogP contribution in [-0.4, -0.2) is 24.1 Å². The van der Waals surface area contributed by atoms with Gasteiger partial charge in [-0.1, -0.05) is 31.2 Å². The second-order valence-corrected chi connectivity index (χ2v) is 6.73. The second kappa shape index (κ2) is 9.38. The van der Waals surface area contributed by atoms with Gasteiger partial charge in [0.1, 0.15) is 5.75 Å². The number of ether oxygens (including phenoxy) is 2. The van der Waals surface area contributed by atoms with Crippen molar-refractivity contribution in [2.24, 2.45) is 0 Å². The number of para-hydroxylation sites is 1. The highest BCUT2D eigenvalue weighted by Gasteiger charge is 2.25. The largest absolute Gasteiger partial charge is 0.479 e. The summed E-state index contributed by atoms with van der Waals surface area (Å²) in [6, 6.07) is 14.6. The number of benzene rings is 2. The molecule has 0 aliphatic rings. The third-order valence-corrected chi connectivity index (χ3v) is 4.36. The summed E-state index contributed by atoms with van der Waals surface area (Å²) in [7, 11) is 0. The highest BCUT2D eigenvalue weighted by Crippen LogP contribution is 2.23. The summed E-state index contributed by atoms with van der Waals surface area (Å²) in [6.07, 6.45) is -1.27. The number of hydrogen-bond donors (Lipinski definition) is 1. The van der Waals surface area contributed by atoms with Crippen LogP contribution < -0.4 is 10.1 Å². The quantitative estimate of drug-likeness (QED) is 0.671. The molecule has 2 rings (SSSR count). The first-order valence-electron chi connectivity index (χ1n) is 8.40. The Bertz CT molecular complexity index is 764. The van der Waals surface area contributed by atoms with E-state index in [-0.39, 0.29) is 0 Å². The first-order valence-corrected chi connectivity index (χ1v) is 9.19. The number of hydrogen-bond acceptors (Lipinski definition) is 4. The summed E-state index contributed by atoms with van der Waals surface area (Å²) in [4.78, 5) is 24.6. The summed E-state index contributed by atoms with van der Waals surface area (Å²) in [5.74, 6) is -0.392. The summed E-state index contributed by atoms with van der Waals surface area (Å²) < 4.78 is 11.7. The molecule has 0 aliphatic heterocycles. The van der Waals surface area contributed by atoms with E-state index in [9.17, 15) is 9.59 Å². The summed E-state index contributed by atoms with van der Waals surface area (Å²) in [5, 5.41) is 2.75. The highest BCUT2D eigenvalue weighted by molar-refractivity contribution is 9.10. The fourth-order valence-electron chi connectivity index (χ4n) is 2.22. The molecule has 0 saturated heterocycles. The Morgan fingerprint density at radius 1 is 1.15 bits per heavy atom. The van der Waals surface area contributed by atoms with Crippen molar-refractivity contribution < 1.29 is 19.1 Å². The average molecular weight is 420 g/mol. The van der Waals surface area contributed by atoms with Crippen LogP contribution in [0.4, 0.5) is 5.69 Å². The monoisotopic (exact) mass is 419 g/mol. The zero-order valence-electron chi connectivity index (χ0n) is 15.0. The van der Waals surface area contributed by atoms with Crippen molar-refractivity contribution in [3.63, 3.8) is 0 Å². The lowest BCUT2D eigenvalue weighted by atomic mass is 10.2. The van der Waals surface area contributed by atoms with Crippen LogP contribution in [-0.2, 0) is 14.3 Å². The molecule has 138 valence electrons. The number of rotatable bonds is 7. The predicted octanol–water partition coefficient (Wildman–Crippen LogP) is 4.49. The molecule has 0 unspecified atom stereocenters.